The first-order valence-corrected chi connectivity index (χ1v) is 5.91. The van der Waals surface area contributed by atoms with Gasteiger partial charge in [0.15, 0.2) is 0 Å². The molecule has 0 aliphatic carbocycles. The summed E-state index contributed by atoms with van der Waals surface area (Å²) in [5, 5.41) is 0. The van der Waals surface area contributed by atoms with Crippen LogP contribution in [-0.4, -0.2) is 19.7 Å². The van der Waals surface area contributed by atoms with Gasteiger partial charge in [-0.25, -0.2) is 5.90 Å². The number of halogens is 1. The maximum absolute atomic E-state index is 5.09. The number of nitrogens with two attached hydrogens (primary N) is 1. The number of hydrogen-bond donors (Lipinski definition) is 1. The summed E-state index contributed by atoms with van der Waals surface area (Å²) in [4.78, 5) is 7.07. The average molecular weight is 271 g/mol. The third kappa shape index (κ3) is 2.71. The smallest absolute Gasteiger partial charge is 0.0724 e. The van der Waals surface area contributed by atoms with Crippen LogP contribution in [0.15, 0.2) is 28.7 Å². The molecular formula is C11H15BrN2O. The molecule has 0 bridgehead atoms. The van der Waals surface area contributed by atoms with Crippen LogP contribution in [0.1, 0.15) is 6.42 Å². The minimum atomic E-state index is 0.564. The van der Waals surface area contributed by atoms with E-state index in [1.807, 2.05) is 6.07 Å². The Bertz CT molecular complexity index is 332. The Morgan fingerprint density at radius 1 is 1.53 bits per heavy atom. The van der Waals surface area contributed by atoms with E-state index in [4.69, 9.17) is 10.7 Å². The van der Waals surface area contributed by atoms with E-state index in [-0.39, 0.29) is 0 Å². The minimum absolute atomic E-state index is 0.564. The van der Waals surface area contributed by atoms with Gasteiger partial charge in [-0.1, -0.05) is 22.0 Å². The molecule has 1 fully saturated rings. The van der Waals surface area contributed by atoms with Crippen LogP contribution in [0.5, 0.6) is 0 Å². The van der Waals surface area contributed by atoms with Gasteiger partial charge in [-0.05, 0) is 24.6 Å². The summed E-state index contributed by atoms with van der Waals surface area (Å²) >= 11 is 3.48. The molecule has 0 spiro atoms. The molecule has 1 heterocycles. The summed E-state index contributed by atoms with van der Waals surface area (Å²) in [6.07, 6.45) is 1.16. The molecule has 1 atom stereocenters. The van der Waals surface area contributed by atoms with E-state index in [0.717, 1.165) is 24.0 Å². The van der Waals surface area contributed by atoms with Crippen LogP contribution in [0.3, 0.4) is 0 Å². The SMILES string of the molecule is NOCC1CCN(c2cccc(Br)c2)C1. The Kier molecular flexibility index (Phi) is 3.61. The predicted octanol–water partition coefficient (Wildman–Crippen LogP) is 2.17. The third-order valence-corrected chi connectivity index (χ3v) is 3.28. The fourth-order valence-electron chi connectivity index (χ4n) is 2.01. The van der Waals surface area contributed by atoms with Gasteiger partial charge in [0.1, 0.15) is 0 Å². The quantitative estimate of drug-likeness (QED) is 0.856. The van der Waals surface area contributed by atoms with Gasteiger partial charge < -0.3 is 9.74 Å². The lowest BCUT2D eigenvalue weighted by Gasteiger charge is -2.18. The van der Waals surface area contributed by atoms with E-state index in [1.165, 1.54) is 5.69 Å². The summed E-state index contributed by atoms with van der Waals surface area (Å²) in [6, 6.07) is 8.38. The highest BCUT2D eigenvalue weighted by Crippen LogP contribution is 2.26. The van der Waals surface area contributed by atoms with Crippen molar-refractivity contribution in [3.05, 3.63) is 28.7 Å². The summed E-state index contributed by atoms with van der Waals surface area (Å²) in [7, 11) is 0. The van der Waals surface area contributed by atoms with Crippen LogP contribution in [0, 0.1) is 5.92 Å². The minimum Gasteiger partial charge on any atom is -0.371 e. The van der Waals surface area contributed by atoms with Crippen molar-refractivity contribution in [3.63, 3.8) is 0 Å². The molecular weight excluding hydrogens is 256 g/mol. The molecule has 0 aromatic heterocycles. The summed E-state index contributed by atoms with van der Waals surface area (Å²) in [5.74, 6) is 5.65. The summed E-state index contributed by atoms with van der Waals surface area (Å²) < 4.78 is 1.12. The molecule has 0 amide bonds. The van der Waals surface area contributed by atoms with Gasteiger partial charge >= 0.3 is 0 Å². The van der Waals surface area contributed by atoms with Gasteiger partial charge in [-0.15, -0.1) is 0 Å². The zero-order chi connectivity index (χ0) is 10.7. The van der Waals surface area contributed by atoms with Crippen molar-refractivity contribution in [2.45, 2.75) is 6.42 Å². The van der Waals surface area contributed by atoms with Crippen molar-refractivity contribution in [3.8, 4) is 0 Å². The predicted molar refractivity (Wildman–Crippen MR) is 64.6 cm³/mol. The van der Waals surface area contributed by atoms with Crippen molar-refractivity contribution >= 4 is 21.6 Å². The second-order valence-electron chi connectivity index (χ2n) is 3.91. The molecule has 0 saturated carbocycles. The second-order valence-corrected chi connectivity index (χ2v) is 4.83. The first-order chi connectivity index (χ1) is 7.29. The van der Waals surface area contributed by atoms with E-state index >= 15 is 0 Å². The van der Waals surface area contributed by atoms with Crippen LogP contribution >= 0.6 is 15.9 Å². The van der Waals surface area contributed by atoms with Gasteiger partial charge in [-0.2, -0.15) is 0 Å². The number of hydrogen-bond acceptors (Lipinski definition) is 3. The lowest BCUT2D eigenvalue weighted by atomic mass is 10.1. The first-order valence-electron chi connectivity index (χ1n) is 5.12. The number of rotatable bonds is 3. The molecule has 4 heteroatoms. The molecule has 2 N–H and O–H groups in total. The monoisotopic (exact) mass is 270 g/mol. The highest BCUT2D eigenvalue weighted by atomic mass is 79.9. The van der Waals surface area contributed by atoms with Crippen molar-refractivity contribution < 1.29 is 4.84 Å². The third-order valence-electron chi connectivity index (χ3n) is 2.79. The largest absolute Gasteiger partial charge is 0.371 e. The summed E-state index contributed by atoms with van der Waals surface area (Å²) in [6.45, 7) is 2.78. The van der Waals surface area contributed by atoms with Gasteiger partial charge in [0.05, 0.1) is 6.61 Å². The van der Waals surface area contributed by atoms with Crippen LogP contribution in [0.4, 0.5) is 5.69 Å². The summed E-state index contributed by atoms with van der Waals surface area (Å²) in [5.41, 5.74) is 1.27. The maximum atomic E-state index is 5.09. The van der Waals surface area contributed by atoms with Gasteiger partial charge in [-0.3, -0.25) is 0 Å². The lowest BCUT2D eigenvalue weighted by Crippen LogP contribution is -2.21. The Balaban J connectivity index is 2.01. The molecule has 1 aromatic rings. The molecule has 82 valence electrons. The molecule has 1 aromatic carbocycles. The molecule has 1 aliphatic rings. The van der Waals surface area contributed by atoms with Crippen LogP contribution in [0.25, 0.3) is 0 Å². The average Bonchev–Trinajstić information content (AvgIpc) is 2.67. The molecule has 3 nitrogen and oxygen atoms in total. The molecule has 1 unspecified atom stereocenters. The first kappa shape index (κ1) is 10.9. The maximum Gasteiger partial charge on any atom is 0.0724 e. The van der Waals surface area contributed by atoms with Crippen LogP contribution in [-0.2, 0) is 4.84 Å². The normalized spacial score (nSPS) is 20.9. The number of anilines is 1. The Labute approximate surface area is 98.3 Å². The molecule has 1 saturated heterocycles. The van der Waals surface area contributed by atoms with Gasteiger partial charge in [0, 0.05) is 29.2 Å². The fraction of sp³-hybridized carbons (Fsp3) is 0.455. The van der Waals surface area contributed by atoms with E-state index in [9.17, 15) is 0 Å². The van der Waals surface area contributed by atoms with Crippen molar-refractivity contribution in [1.29, 1.82) is 0 Å². The molecule has 15 heavy (non-hydrogen) atoms. The van der Waals surface area contributed by atoms with Crippen molar-refractivity contribution in [2.75, 3.05) is 24.6 Å². The number of benzene rings is 1. The van der Waals surface area contributed by atoms with E-state index < -0.39 is 0 Å². The topological polar surface area (TPSA) is 38.5 Å². The zero-order valence-corrected chi connectivity index (χ0v) is 10.1. The van der Waals surface area contributed by atoms with Gasteiger partial charge in [0.2, 0.25) is 0 Å². The molecule has 0 radical (unpaired) electrons. The fourth-order valence-corrected chi connectivity index (χ4v) is 2.40. The highest BCUT2D eigenvalue weighted by molar-refractivity contribution is 9.10. The lowest BCUT2D eigenvalue weighted by molar-refractivity contribution is 0.108. The van der Waals surface area contributed by atoms with E-state index in [1.54, 1.807) is 0 Å². The Hall–Kier alpha value is -0.580. The Morgan fingerprint density at radius 3 is 3.13 bits per heavy atom. The van der Waals surface area contributed by atoms with Gasteiger partial charge in [0.25, 0.3) is 0 Å². The van der Waals surface area contributed by atoms with Crippen molar-refractivity contribution in [2.24, 2.45) is 11.8 Å². The Morgan fingerprint density at radius 2 is 2.40 bits per heavy atom. The molecule has 2 rings (SSSR count). The van der Waals surface area contributed by atoms with E-state index in [0.29, 0.717) is 12.5 Å². The second kappa shape index (κ2) is 4.96. The van der Waals surface area contributed by atoms with E-state index in [2.05, 4.69) is 39.0 Å². The van der Waals surface area contributed by atoms with Crippen molar-refractivity contribution in [1.82, 2.24) is 0 Å². The van der Waals surface area contributed by atoms with Crippen LogP contribution < -0.4 is 10.8 Å². The van der Waals surface area contributed by atoms with Crippen LogP contribution in [0.2, 0.25) is 0 Å². The zero-order valence-electron chi connectivity index (χ0n) is 8.53. The number of nitrogens with zero attached hydrogens (tertiary/aromatic N) is 1. The molecule has 1 aliphatic heterocycles. The highest BCUT2D eigenvalue weighted by Gasteiger charge is 2.22. The standard InChI is InChI=1S/C11H15BrN2O/c12-10-2-1-3-11(6-10)14-5-4-9(7-14)8-15-13/h1-3,6,9H,4-5,7-8,13H2.